The van der Waals surface area contributed by atoms with Crippen LogP contribution in [0.2, 0.25) is 0 Å². The first-order valence-electron chi connectivity index (χ1n) is 6.75. The molecule has 4 nitrogen and oxygen atoms in total. The van der Waals surface area contributed by atoms with Gasteiger partial charge in [-0.15, -0.1) is 0 Å². The Labute approximate surface area is 123 Å². The summed E-state index contributed by atoms with van der Waals surface area (Å²) in [5, 5.41) is 6.83. The summed E-state index contributed by atoms with van der Waals surface area (Å²) < 4.78 is 1.10. The Morgan fingerprint density at radius 1 is 1.35 bits per heavy atom. The number of hydrogen-bond acceptors (Lipinski definition) is 4. The number of rotatable bonds is 4. The number of nitrogens with one attached hydrogen (secondary N) is 2. The lowest BCUT2D eigenvalue weighted by Crippen LogP contribution is -2.37. The van der Waals surface area contributed by atoms with Crippen LogP contribution in [0.15, 0.2) is 18.2 Å². The van der Waals surface area contributed by atoms with Crippen molar-refractivity contribution in [1.82, 2.24) is 10.3 Å². The minimum atomic E-state index is -0.00229. The van der Waals surface area contributed by atoms with Crippen LogP contribution in [0, 0.1) is 6.92 Å². The van der Waals surface area contributed by atoms with Crippen molar-refractivity contribution in [2.75, 3.05) is 11.9 Å². The van der Waals surface area contributed by atoms with E-state index in [1.54, 1.807) is 0 Å². The topological polar surface area (TPSA) is 54.0 Å². The molecule has 0 unspecified atom stereocenters. The van der Waals surface area contributed by atoms with E-state index in [0.29, 0.717) is 18.1 Å². The average Bonchev–Trinajstić information content (AvgIpc) is 2.68. The maximum atomic E-state index is 11.9. The number of aryl methyl sites for hydroxylation is 1. The van der Waals surface area contributed by atoms with Gasteiger partial charge in [0.25, 0.3) is 0 Å². The number of nitrogens with zero attached hydrogens (tertiary/aromatic N) is 1. The molecule has 0 bridgehead atoms. The van der Waals surface area contributed by atoms with Crippen molar-refractivity contribution < 1.29 is 4.79 Å². The van der Waals surface area contributed by atoms with Crippen LogP contribution >= 0.6 is 11.3 Å². The summed E-state index contributed by atoms with van der Waals surface area (Å²) in [4.78, 5) is 16.3. The second-order valence-corrected chi connectivity index (χ2v) is 7.00. The molecule has 108 valence electrons. The molecule has 0 saturated carbocycles. The number of hydrogen-bond donors (Lipinski definition) is 2. The number of carbonyl (C=O) groups is 1. The minimum absolute atomic E-state index is 0.00229. The largest absolute Gasteiger partial charge is 0.312 e. The van der Waals surface area contributed by atoms with Gasteiger partial charge in [0.1, 0.15) is 0 Å². The van der Waals surface area contributed by atoms with Crippen molar-refractivity contribution in [3.63, 3.8) is 0 Å². The average molecular weight is 291 g/mol. The Morgan fingerprint density at radius 3 is 2.80 bits per heavy atom. The van der Waals surface area contributed by atoms with Crippen molar-refractivity contribution in [2.45, 2.75) is 39.7 Å². The first kappa shape index (κ1) is 14.9. The van der Waals surface area contributed by atoms with E-state index in [4.69, 9.17) is 0 Å². The third-order valence-corrected chi connectivity index (χ3v) is 3.73. The molecule has 0 fully saturated rings. The molecule has 1 amide bonds. The maximum Gasteiger partial charge on any atom is 0.227 e. The summed E-state index contributed by atoms with van der Waals surface area (Å²) in [6.45, 7) is 8.97. The second kappa shape index (κ2) is 5.89. The molecule has 0 aliphatic carbocycles. The number of fused-ring (bicyclic) bond motifs is 1. The summed E-state index contributed by atoms with van der Waals surface area (Å²) in [5.74, 6) is -0.00229. The predicted molar refractivity (Wildman–Crippen MR) is 85.4 cm³/mol. The van der Waals surface area contributed by atoms with Crippen molar-refractivity contribution in [1.29, 1.82) is 0 Å². The fourth-order valence-corrected chi connectivity index (χ4v) is 2.80. The SMILES string of the molecule is Cc1ccc2nc(NC(=O)CCNC(C)(C)C)sc2c1. The second-order valence-electron chi connectivity index (χ2n) is 5.97. The fraction of sp³-hybridized carbons (Fsp3) is 0.467. The summed E-state index contributed by atoms with van der Waals surface area (Å²) >= 11 is 1.52. The Morgan fingerprint density at radius 2 is 2.10 bits per heavy atom. The lowest BCUT2D eigenvalue weighted by atomic mass is 10.1. The van der Waals surface area contributed by atoms with Crippen molar-refractivity contribution in [3.05, 3.63) is 23.8 Å². The van der Waals surface area contributed by atoms with E-state index in [1.165, 1.54) is 16.9 Å². The minimum Gasteiger partial charge on any atom is -0.312 e. The van der Waals surface area contributed by atoms with Crippen LogP contribution in [0.25, 0.3) is 10.2 Å². The monoisotopic (exact) mass is 291 g/mol. The van der Waals surface area contributed by atoms with Crippen molar-refractivity contribution in [3.8, 4) is 0 Å². The molecule has 2 rings (SSSR count). The molecular formula is C15H21N3OS. The van der Waals surface area contributed by atoms with Crippen LogP contribution in [0.1, 0.15) is 32.8 Å². The lowest BCUT2D eigenvalue weighted by Gasteiger charge is -2.19. The lowest BCUT2D eigenvalue weighted by molar-refractivity contribution is -0.116. The molecule has 0 atom stereocenters. The summed E-state index contributed by atoms with van der Waals surface area (Å²) in [5.41, 5.74) is 2.17. The Kier molecular flexibility index (Phi) is 4.40. The van der Waals surface area contributed by atoms with Crippen LogP contribution in [0.3, 0.4) is 0 Å². The van der Waals surface area contributed by atoms with Gasteiger partial charge in [-0.05, 0) is 45.4 Å². The summed E-state index contributed by atoms with van der Waals surface area (Å²) in [6, 6.07) is 6.10. The van der Waals surface area contributed by atoms with Gasteiger partial charge in [0.2, 0.25) is 5.91 Å². The summed E-state index contributed by atoms with van der Waals surface area (Å²) in [6.07, 6.45) is 0.451. The van der Waals surface area contributed by atoms with Gasteiger partial charge in [-0.25, -0.2) is 4.98 Å². The number of benzene rings is 1. The van der Waals surface area contributed by atoms with Crippen LogP contribution in [0.4, 0.5) is 5.13 Å². The van der Waals surface area contributed by atoms with Gasteiger partial charge >= 0.3 is 0 Å². The van der Waals surface area contributed by atoms with E-state index in [1.807, 2.05) is 12.1 Å². The number of carbonyl (C=O) groups excluding carboxylic acids is 1. The number of thiazole rings is 1. The molecule has 1 aromatic heterocycles. The molecule has 0 saturated heterocycles. The zero-order chi connectivity index (χ0) is 14.8. The summed E-state index contributed by atoms with van der Waals surface area (Å²) in [7, 11) is 0. The molecule has 1 heterocycles. The molecule has 0 radical (unpaired) electrons. The third kappa shape index (κ3) is 4.28. The van der Waals surface area contributed by atoms with Crippen LogP contribution in [-0.4, -0.2) is 23.0 Å². The highest BCUT2D eigenvalue weighted by Crippen LogP contribution is 2.26. The van der Waals surface area contributed by atoms with E-state index < -0.39 is 0 Å². The van der Waals surface area contributed by atoms with E-state index in [0.717, 1.165) is 10.2 Å². The zero-order valence-electron chi connectivity index (χ0n) is 12.4. The highest BCUT2D eigenvalue weighted by molar-refractivity contribution is 7.22. The molecule has 5 heteroatoms. The standard InChI is InChI=1S/C15H21N3OS/c1-10-5-6-11-12(9-10)20-14(17-11)18-13(19)7-8-16-15(2,3)4/h5-6,9,16H,7-8H2,1-4H3,(H,17,18,19). The van der Waals surface area contributed by atoms with Crippen molar-refractivity contribution >= 4 is 32.6 Å². The molecular weight excluding hydrogens is 270 g/mol. The smallest absolute Gasteiger partial charge is 0.227 e. The molecule has 0 spiro atoms. The van der Waals surface area contributed by atoms with Gasteiger partial charge in [-0.1, -0.05) is 17.4 Å². The molecule has 20 heavy (non-hydrogen) atoms. The van der Waals surface area contributed by atoms with Gasteiger partial charge in [-0.3, -0.25) is 4.79 Å². The molecule has 0 aliphatic heterocycles. The number of anilines is 1. The Balaban J connectivity index is 1.93. The Hall–Kier alpha value is -1.46. The first-order valence-corrected chi connectivity index (χ1v) is 7.57. The van der Waals surface area contributed by atoms with Crippen LogP contribution < -0.4 is 10.6 Å². The normalized spacial score (nSPS) is 11.8. The highest BCUT2D eigenvalue weighted by atomic mass is 32.1. The first-order chi connectivity index (χ1) is 9.33. The van der Waals surface area contributed by atoms with Gasteiger partial charge in [0, 0.05) is 18.5 Å². The van der Waals surface area contributed by atoms with Gasteiger partial charge in [0.15, 0.2) is 5.13 Å². The van der Waals surface area contributed by atoms with Gasteiger partial charge < -0.3 is 10.6 Å². The van der Waals surface area contributed by atoms with E-state index in [-0.39, 0.29) is 11.4 Å². The Bertz CT molecular complexity index is 613. The molecule has 0 aliphatic rings. The quantitative estimate of drug-likeness (QED) is 0.908. The molecule has 2 aromatic rings. The van der Waals surface area contributed by atoms with Gasteiger partial charge in [-0.2, -0.15) is 0 Å². The van der Waals surface area contributed by atoms with Crippen molar-refractivity contribution in [2.24, 2.45) is 0 Å². The van der Waals surface area contributed by atoms with E-state index >= 15 is 0 Å². The predicted octanol–water partition coefficient (Wildman–Crippen LogP) is 3.32. The van der Waals surface area contributed by atoms with Crippen LogP contribution in [-0.2, 0) is 4.79 Å². The van der Waals surface area contributed by atoms with E-state index in [9.17, 15) is 4.79 Å². The number of amides is 1. The molecule has 2 N–H and O–H groups in total. The zero-order valence-corrected chi connectivity index (χ0v) is 13.2. The fourth-order valence-electron chi connectivity index (χ4n) is 1.82. The van der Waals surface area contributed by atoms with Crippen LogP contribution in [0.5, 0.6) is 0 Å². The maximum absolute atomic E-state index is 11.9. The third-order valence-electron chi connectivity index (χ3n) is 2.80. The number of aromatic nitrogens is 1. The van der Waals surface area contributed by atoms with Gasteiger partial charge in [0.05, 0.1) is 10.2 Å². The highest BCUT2D eigenvalue weighted by Gasteiger charge is 2.11. The van der Waals surface area contributed by atoms with E-state index in [2.05, 4.69) is 49.4 Å². The molecule has 1 aromatic carbocycles.